The highest BCUT2D eigenvalue weighted by molar-refractivity contribution is 6.15. The molecule has 1 amide bonds. The number of pyridine rings is 1. The summed E-state index contributed by atoms with van der Waals surface area (Å²) in [5, 5.41) is 12.6. The maximum atomic E-state index is 14.8. The van der Waals surface area contributed by atoms with Gasteiger partial charge in [-0.25, -0.2) is 9.78 Å². The van der Waals surface area contributed by atoms with E-state index < -0.39 is 23.3 Å². The number of aromatic nitrogens is 4. The number of ether oxygens (including phenoxy) is 3. The molecule has 2 aliphatic rings. The first kappa shape index (κ1) is 34.6. The van der Waals surface area contributed by atoms with Crippen molar-refractivity contribution in [2.45, 2.75) is 77.2 Å². The third kappa shape index (κ3) is 7.51. The minimum absolute atomic E-state index is 0.0360. The van der Waals surface area contributed by atoms with Gasteiger partial charge in [0, 0.05) is 43.9 Å². The molecule has 1 aromatic carbocycles. The number of nitrogens with zero attached hydrogens (tertiary/aromatic N) is 6. The predicted molar refractivity (Wildman–Crippen MR) is 180 cm³/mol. The van der Waals surface area contributed by atoms with Gasteiger partial charge in [-0.05, 0) is 63.8 Å². The lowest BCUT2D eigenvalue weighted by Gasteiger charge is -2.55. The van der Waals surface area contributed by atoms with E-state index in [4.69, 9.17) is 14.2 Å². The molecule has 13 heteroatoms. The molecule has 256 valence electrons. The van der Waals surface area contributed by atoms with Crippen molar-refractivity contribution in [3.8, 4) is 17.3 Å². The summed E-state index contributed by atoms with van der Waals surface area (Å²) in [5.41, 5.74) is 0.856. The Balaban J connectivity index is 1.50. The smallest absolute Gasteiger partial charge is 0.410 e. The number of nitrogens with one attached hydrogen (secondary N) is 1. The summed E-state index contributed by atoms with van der Waals surface area (Å²) in [7, 11) is 3.12. The van der Waals surface area contributed by atoms with Gasteiger partial charge in [-0.2, -0.15) is 0 Å². The van der Waals surface area contributed by atoms with E-state index in [1.165, 1.54) is 11.9 Å². The van der Waals surface area contributed by atoms with Crippen molar-refractivity contribution >= 4 is 23.5 Å². The standard InChI is InChI=1S/C35H45N7O6/c1-8-9-22(2)31(43)30(40-18-19-41(27-15-14-26(27)40)34(45)48-35(3,4)5)32(44)29-33(37-21-23-10-12-25(46-6)13-11-23)39-42(38-29)24-16-17-36-28(20-24)47-7/h8,10-13,16-17,20,22,26-27,30H,1,9,14-15,18-19,21H2,2-7H3,(H,37,39)/t22?,26-,27-,30?/m0/s1. The van der Waals surface area contributed by atoms with Crippen LogP contribution in [-0.4, -0.2) is 98.5 Å². The Hall–Kier alpha value is -4.78. The van der Waals surface area contributed by atoms with Gasteiger partial charge in [0.1, 0.15) is 17.4 Å². The number of anilines is 1. The van der Waals surface area contributed by atoms with Gasteiger partial charge >= 0.3 is 6.09 Å². The van der Waals surface area contributed by atoms with Crippen LogP contribution in [0.15, 0.2) is 55.3 Å². The van der Waals surface area contributed by atoms with E-state index in [0.717, 1.165) is 24.2 Å². The highest BCUT2D eigenvalue weighted by Crippen LogP contribution is 2.37. The quantitative estimate of drug-likeness (QED) is 0.155. The normalized spacial score (nSPS) is 18.9. The lowest BCUT2D eigenvalue weighted by molar-refractivity contribution is -0.131. The van der Waals surface area contributed by atoms with Crippen LogP contribution in [0.25, 0.3) is 5.69 Å². The number of fused-ring (bicyclic) bond motifs is 1. The number of carbonyl (C=O) groups is 3. The monoisotopic (exact) mass is 659 g/mol. The highest BCUT2D eigenvalue weighted by Gasteiger charge is 2.51. The van der Waals surface area contributed by atoms with Crippen LogP contribution in [0, 0.1) is 5.92 Å². The first-order valence-corrected chi connectivity index (χ1v) is 16.2. The Kier molecular flexibility index (Phi) is 10.5. The summed E-state index contributed by atoms with van der Waals surface area (Å²) in [5.74, 6) is 0.167. The fourth-order valence-corrected chi connectivity index (χ4v) is 6.12. The van der Waals surface area contributed by atoms with Crippen LogP contribution in [0.1, 0.15) is 63.0 Å². The number of ketones is 2. The Morgan fingerprint density at radius 3 is 2.40 bits per heavy atom. The zero-order valence-electron chi connectivity index (χ0n) is 28.5. The van der Waals surface area contributed by atoms with Crippen molar-refractivity contribution in [3.63, 3.8) is 0 Å². The molecule has 0 bridgehead atoms. The molecule has 2 aromatic heterocycles. The molecule has 1 aliphatic heterocycles. The molecule has 2 unspecified atom stereocenters. The summed E-state index contributed by atoms with van der Waals surface area (Å²) in [6.45, 7) is 12.1. The molecule has 4 atom stereocenters. The second-order valence-electron chi connectivity index (χ2n) is 13.2. The number of hydrogen-bond acceptors (Lipinski definition) is 11. The molecule has 3 heterocycles. The molecular formula is C35H45N7O6. The van der Waals surface area contributed by atoms with Crippen LogP contribution in [0.5, 0.6) is 11.6 Å². The van der Waals surface area contributed by atoms with Gasteiger partial charge in [0.15, 0.2) is 17.3 Å². The second-order valence-corrected chi connectivity index (χ2v) is 13.2. The molecule has 0 radical (unpaired) electrons. The first-order valence-electron chi connectivity index (χ1n) is 16.2. The van der Waals surface area contributed by atoms with E-state index in [1.54, 1.807) is 36.4 Å². The molecule has 1 N–H and O–H groups in total. The van der Waals surface area contributed by atoms with Crippen LogP contribution >= 0.6 is 0 Å². The SMILES string of the molecule is C=CCC(C)C(=O)C(C(=O)c1nn(-c2ccnc(OC)c2)nc1NCc1ccc(OC)cc1)N1CCN(C(=O)OC(C)(C)C)[C@H]2CC[C@@H]21. The summed E-state index contributed by atoms with van der Waals surface area (Å²) in [6, 6.07) is 9.40. The Bertz CT molecular complexity index is 1630. The molecule has 48 heavy (non-hydrogen) atoms. The zero-order chi connectivity index (χ0) is 34.6. The van der Waals surface area contributed by atoms with Crippen molar-refractivity contribution in [3.05, 3.63) is 66.5 Å². The van der Waals surface area contributed by atoms with Crippen LogP contribution in [0.3, 0.4) is 0 Å². The number of amides is 1. The van der Waals surface area contributed by atoms with Crippen LogP contribution in [0.2, 0.25) is 0 Å². The Labute approximate surface area is 281 Å². The third-order valence-electron chi connectivity index (χ3n) is 8.74. The van der Waals surface area contributed by atoms with Gasteiger partial charge in [0.2, 0.25) is 11.7 Å². The van der Waals surface area contributed by atoms with Gasteiger partial charge in [-0.15, -0.1) is 21.6 Å². The minimum Gasteiger partial charge on any atom is -0.497 e. The van der Waals surface area contributed by atoms with Gasteiger partial charge < -0.3 is 24.4 Å². The number of methoxy groups -OCH3 is 2. The zero-order valence-corrected chi connectivity index (χ0v) is 28.5. The summed E-state index contributed by atoms with van der Waals surface area (Å²) in [4.78, 5) is 51.3. The average Bonchev–Trinajstić information content (AvgIpc) is 3.48. The number of carbonyl (C=O) groups excluding carboxylic acids is 3. The first-order chi connectivity index (χ1) is 22.9. The van der Waals surface area contributed by atoms with E-state index in [-0.39, 0.29) is 35.5 Å². The third-order valence-corrected chi connectivity index (χ3v) is 8.74. The molecule has 1 aliphatic carbocycles. The van der Waals surface area contributed by atoms with Gasteiger partial charge in [0.25, 0.3) is 0 Å². The largest absolute Gasteiger partial charge is 0.497 e. The van der Waals surface area contributed by atoms with Gasteiger partial charge in [-0.1, -0.05) is 25.1 Å². The van der Waals surface area contributed by atoms with Crippen molar-refractivity contribution < 1.29 is 28.6 Å². The summed E-state index contributed by atoms with van der Waals surface area (Å²) in [6.07, 6.45) is 4.78. The van der Waals surface area contributed by atoms with Crippen LogP contribution in [-0.2, 0) is 16.1 Å². The lowest BCUT2D eigenvalue weighted by Crippen LogP contribution is -2.70. The highest BCUT2D eigenvalue weighted by atomic mass is 16.6. The minimum atomic E-state index is -1.13. The molecular weight excluding hydrogens is 614 g/mol. The van der Waals surface area contributed by atoms with Crippen molar-refractivity contribution in [1.29, 1.82) is 0 Å². The number of Topliss-reactive ketones (excluding diaryl/α,β-unsaturated/α-hetero) is 2. The number of allylic oxidation sites excluding steroid dienone is 1. The van der Waals surface area contributed by atoms with E-state index in [2.05, 4.69) is 27.1 Å². The maximum absolute atomic E-state index is 14.8. The predicted octanol–water partition coefficient (Wildman–Crippen LogP) is 4.71. The number of piperazine rings is 1. The maximum Gasteiger partial charge on any atom is 0.410 e. The van der Waals surface area contributed by atoms with Crippen molar-refractivity contribution in [2.24, 2.45) is 5.92 Å². The van der Waals surface area contributed by atoms with Crippen LogP contribution in [0.4, 0.5) is 10.6 Å². The molecule has 2 fully saturated rings. The van der Waals surface area contributed by atoms with E-state index in [0.29, 0.717) is 37.6 Å². The molecule has 1 saturated carbocycles. The number of rotatable bonds is 13. The lowest BCUT2D eigenvalue weighted by atomic mass is 9.79. The van der Waals surface area contributed by atoms with E-state index in [9.17, 15) is 14.4 Å². The molecule has 13 nitrogen and oxygen atoms in total. The molecule has 5 rings (SSSR count). The van der Waals surface area contributed by atoms with E-state index >= 15 is 0 Å². The summed E-state index contributed by atoms with van der Waals surface area (Å²) >= 11 is 0. The van der Waals surface area contributed by atoms with Crippen LogP contribution < -0.4 is 14.8 Å². The van der Waals surface area contributed by atoms with Crippen molar-refractivity contribution in [2.75, 3.05) is 32.6 Å². The van der Waals surface area contributed by atoms with Crippen molar-refractivity contribution in [1.82, 2.24) is 29.8 Å². The van der Waals surface area contributed by atoms with Gasteiger partial charge in [0.05, 0.1) is 25.9 Å². The molecule has 0 spiro atoms. The fraction of sp³-hybridized carbons (Fsp3) is 0.486. The fourth-order valence-electron chi connectivity index (χ4n) is 6.12. The summed E-state index contributed by atoms with van der Waals surface area (Å²) < 4.78 is 16.3. The molecule has 1 saturated heterocycles. The van der Waals surface area contributed by atoms with E-state index in [1.807, 2.05) is 56.9 Å². The van der Waals surface area contributed by atoms with Gasteiger partial charge in [-0.3, -0.25) is 14.5 Å². The number of hydrogen-bond donors (Lipinski definition) is 1. The Morgan fingerprint density at radius 1 is 1.04 bits per heavy atom. The number of benzene rings is 1. The molecule has 3 aromatic rings. The Morgan fingerprint density at radius 2 is 1.77 bits per heavy atom. The second kappa shape index (κ2) is 14.5. The average molecular weight is 660 g/mol. The topological polar surface area (TPSA) is 141 Å².